The second-order valence-electron chi connectivity index (χ2n) is 8.14. The molecule has 0 spiro atoms. The summed E-state index contributed by atoms with van der Waals surface area (Å²) in [6.07, 6.45) is 1.65. The number of hydrogen-bond donors (Lipinski definition) is 0. The number of fused-ring (bicyclic) bond motifs is 2. The van der Waals surface area contributed by atoms with E-state index in [0.717, 1.165) is 21.9 Å². The summed E-state index contributed by atoms with van der Waals surface area (Å²) in [6.45, 7) is 6.16. The van der Waals surface area contributed by atoms with Gasteiger partial charge < -0.3 is 14.4 Å². The Bertz CT molecular complexity index is 1580. The molecule has 184 valence electrons. The van der Waals surface area contributed by atoms with Crippen molar-refractivity contribution in [1.29, 1.82) is 0 Å². The number of ether oxygens (including phenoxy) is 2. The molecule has 2 aliphatic heterocycles. The quantitative estimate of drug-likeness (QED) is 0.271. The van der Waals surface area contributed by atoms with Gasteiger partial charge in [-0.25, -0.2) is 9.79 Å². The molecule has 0 fully saturated rings. The van der Waals surface area contributed by atoms with E-state index in [-0.39, 0.29) is 24.7 Å². The number of thiazole rings is 1. The highest BCUT2D eigenvalue weighted by Gasteiger charge is 2.37. The normalized spacial score (nSPS) is 18.1. The number of hydrogen-bond acceptors (Lipinski definition) is 8. The molecule has 0 aliphatic carbocycles. The van der Waals surface area contributed by atoms with Gasteiger partial charge in [0.25, 0.3) is 11.5 Å². The van der Waals surface area contributed by atoms with E-state index in [1.807, 2.05) is 41.8 Å². The highest BCUT2D eigenvalue weighted by molar-refractivity contribution is 7.10. The minimum atomic E-state index is -0.707. The topological polar surface area (TPSA) is 90.2 Å². The maximum absolute atomic E-state index is 14.0. The molecule has 3 aromatic rings. The van der Waals surface area contributed by atoms with Gasteiger partial charge in [0, 0.05) is 24.1 Å². The minimum Gasteiger partial charge on any atom is -0.460 e. The fraction of sp³-hybridized carbons (Fsp3) is 0.231. The Morgan fingerprint density at radius 3 is 2.72 bits per heavy atom. The molecule has 36 heavy (non-hydrogen) atoms. The number of methoxy groups -OCH3 is 1. The third-order valence-electron chi connectivity index (χ3n) is 6.01. The molecule has 4 heterocycles. The second kappa shape index (κ2) is 9.81. The van der Waals surface area contributed by atoms with E-state index in [1.54, 1.807) is 17.9 Å². The lowest BCUT2D eigenvalue weighted by Gasteiger charge is -2.23. The molecule has 5 rings (SSSR count). The summed E-state index contributed by atoms with van der Waals surface area (Å²) in [5.41, 5.74) is 2.16. The van der Waals surface area contributed by atoms with E-state index in [2.05, 4.69) is 11.6 Å². The molecule has 0 bridgehead atoms. The zero-order chi connectivity index (χ0) is 25.4. The van der Waals surface area contributed by atoms with E-state index in [0.29, 0.717) is 38.3 Å². The molecule has 2 aliphatic rings. The van der Waals surface area contributed by atoms with Crippen LogP contribution in [0.4, 0.5) is 5.69 Å². The highest BCUT2D eigenvalue weighted by atomic mass is 32.1. The fourth-order valence-electron chi connectivity index (χ4n) is 4.45. The van der Waals surface area contributed by atoms with Crippen LogP contribution < -0.4 is 19.8 Å². The average molecular weight is 522 g/mol. The first-order chi connectivity index (χ1) is 17.5. The number of esters is 1. The number of aromatic nitrogens is 1. The van der Waals surface area contributed by atoms with Crippen LogP contribution in [0.15, 0.2) is 75.5 Å². The maximum atomic E-state index is 14.0. The number of benzene rings is 1. The molecule has 8 nitrogen and oxygen atoms in total. The van der Waals surface area contributed by atoms with Crippen LogP contribution in [0, 0.1) is 0 Å². The molecule has 1 amide bonds. The Morgan fingerprint density at radius 1 is 1.19 bits per heavy atom. The first-order valence-corrected chi connectivity index (χ1v) is 12.9. The number of thiophene rings is 1. The molecule has 10 heteroatoms. The predicted octanol–water partition coefficient (Wildman–Crippen LogP) is 2.39. The van der Waals surface area contributed by atoms with Gasteiger partial charge in [-0.3, -0.25) is 14.2 Å². The summed E-state index contributed by atoms with van der Waals surface area (Å²) in [7, 11) is 1.53. The van der Waals surface area contributed by atoms with Crippen molar-refractivity contribution in [3.8, 4) is 0 Å². The van der Waals surface area contributed by atoms with Crippen molar-refractivity contribution in [2.24, 2.45) is 4.99 Å². The van der Waals surface area contributed by atoms with Gasteiger partial charge in [-0.1, -0.05) is 41.7 Å². The molecule has 0 saturated heterocycles. The molecule has 1 atom stereocenters. The molecule has 0 N–H and O–H groups in total. The molecule has 2 aromatic heterocycles. The first-order valence-electron chi connectivity index (χ1n) is 11.2. The van der Waals surface area contributed by atoms with E-state index >= 15 is 0 Å². The minimum absolute atomic E-state index is 0.0856. The maximum Gasteiger partial charge on any atom is 0.338 e. The van der Waals surface area contributed by atoms with E-state index in [9.17, 15) is 14.4 Å². The average Bonchev–Trinajstić information content (AvgIpc) is 3.57. The van der Waals surface area contributed by atoms with E-state index in [4.69, 9.17) is 9.47 Å². The smallest absolute Gasteiger partial charge is 0.338 e. The van der Waals surface area contributed by atoms with Gasteiger partial charge in [0.2, 0.25) is 0 Å². The Labute approximate surface area is 214 Å². The van der Waals surface area contributed by atoms with Crippen LogP contribution in [0.3, 0.4) is 0 Å². The number of amides is 1. The lowest BCUT2D eigenvalue weighted by Crippen LogP contribution is -2.40. The van der Waals surface area contributed by atoms with Gasteiger partial charge >= 0.3 is 5.97 Å². The van der Waals surface area contributed by atoms with Crippen molar-refractivity contribution in [2.75, 3.05) is 31.8 Å². The monoisotopic (exact) mass is 521 g/mol. The summed E-state index contributed by atoms with van der Waals surface area (Å²) in [4.78, 5) is 48.0. The fourth-order valence-corrected chi connectivity index (χ4v) is 6.41. The second-order valence-corrected chi connectivity index (χ2v) is 10.1. The van der Waals surface area contributed by atoms with Crippen molar-refractivity contribution < 1.29 is 19.1 Å². The summed E-state index contributed by atoms with van der Waals surface area (Å²) < 4.78 is 12.2. The van der Waals surface area contributed by atoms with Gasteiger partial charge in [0.1, 0.15) is 17.2 Å². The summed E-state index contributed by atoms with van der Waals surface area (Å²) in [5.74, 6) is -0.812. The molecule has 0 radical (unpaired) electrons. The SMILES string of the molecule is C=CCN1C(=O)/C(=c2\sc3n(c2=O)C(c2cccs2)C(C(=O)OCCOC)=C(C)N=3)c2ccccc21. The third-order valence-corrected chi connectivity index (χ3v) is 7.99. The van der Waals surface area contributed by atoms with Crippen LogP contribution in [0.1, 0.15) is 23.4 Å². The number of anilines is 1. The van der Waals surface area contributed by atoms with Gasteiger partial charge in [-0.2, -0.15) is 0 Å². The van der Waals surface area contributed by atoms with Crippen molar-refractivity contribution in [3.63, 3.8) is 0 Å². The number of carbonyl (C=O) groups excluding carboxylic acids is 2. The van der Waals surface area contributed by atoms with Crippen LogP contribution in [0.25, 0.3) is 5.57 Å². The zero-order valence-corrected chi connectivity index (χ0v) is 21.4. The third kappa shape index (κ3) is 3.87. The standard InChI is InChI=1S/C26H23N3O5S2/c1-4-11-28-17-9-6-5-8-16(17)20(23(28)30)22-24(31)29-21(18-10-7-14-35-18)19(15(2)27-26(29)36-22)25(32)34-13-12-33-3/h4-10,14,21H,1,11-13H2,2-3H3/b22-20-. The number of rotatable bonds is 7. The molecule has 1 aromatic carbocycles. The number of para-hydroxylation sites is 1. The van der Waals surface area contributed by atoms with Gasteiger partial charge in [-0.15, -0.1) is 17.9 Å². The Kier molecular flexibility index (Phi) is 6.57. The molecular formula is C26H23N3O5S2. The molecular weight excluding hydrogens is 498 g/mol. The van der Waals surface area contributed by atoms with E-state index < -0.39 is 12.0 Å². The Hall–Kier alpha value is -3.60. The molecule has 0 saturated carbocycles. The lowest BCUT2D eigenvalue weighted by atomic mass is 10.0. The van der Waals surface area contributed by atoms with Crippen LogP contribution in [-0.4, -0.2) is 43.3 Å². The van der Waals surface area contributed by atoms with Crippen LogP contribution in [-0.2, 0) is 19.1 Å². The zero-order valence-electron chi connectivity index (χ0n) is 19.7. The van der Waals surface area contributed by atoms with Crippen molar-refractivity contribution in [1.82, 2.24) is 4.57 Å². The summed E-state index contributed by atoms with van der Waals surface area (Å²) in [5, 5.41) is 1.89. The predicted molar refractivity (Wildman–Crippen MR) is 139 cm³/mol. The number of allylic oxidation sites excluding steroid dienone is 1. The van der Waals surface area contributed by atoms with Crippen molar-refractivity contribution >= 4 is 45.8 Å². The van der Waals surface area contributed by atoms with E-state index in [1.165, 1.54) is 23.0 Å². The summed E-state index contributed by atoms with van der Waals surface area (Å²) in [6, 6.07) is 10.4. The van der Waals surface area contributed by atoms with Gasteiger partial charge in [0.15, 0.2) is 4.80 Å². The van der Waals surface area contributed by atoms with Crippen molar-refractivity contribution in [2.45, 2.75) is 13.0 Å². The van der Waals surface area contributed by atoms with Crippen LogP contribution in [0.2, 0.25) is 0 Å². The van der Waals surface area contributed by atoms with Crippen LogP contribution >= 0.6 is 22.7 Å². The van der Waals surface area contributed by atoms with Gasteiger partial charge in [-0.05, 0) is 24.4 Å². The summed E-state index contributed by atoms with van der Waals surface area (Å²) >= 11 is 2.59. The van der Waals surface area contributed by atoms with Gasteiger partial charge in [0.05, 0.1) is 29.1 Å². The largest absolute Gasteiger partial charge is 0.460 e. The number of carbonyl (C=O) groups is 2. The van der Waals surface area contributed by atoms with Crippen LogP contribution in [0.5, 0.6) is 0 Å². The lowest BCUT2D eigenvalue weighted by molar-refractivity contribution is -0.140. The number of nitrogens with zero attached hydrogens (tertiary/aromatic N) is 3. The Balaban J connectivity index is 1.74. The first kappa shape index (κ1) is 24.1. The van der Waals surface area contributed by atoms with Crippen molar-refractivity contribution in [3.05, 3.63) is 95.8 Å². The Morgan fingerprint density at radius 2 is 2.00 bits per heavy atom. The molecule has 1 unspecified atom stereocenters. The highest BCUT2D eigenvalue weighted by Crippen LogP contribution is 2.36.